The molecule has 0 fully saturated rings. The zero-order valence-electron chi connectivity index (χ0n) is 29.7. The van der Waals surface area contributed by atoms with Crippen LogP contribution in [0.1, 0.15) is 61.5 Å². The van der Waals surface area contributed by atoms with Crippen molar-refractivity contribution < 1.29 is 54.9 Å². The molecular formula is C37H42F5N3O7S. The number of anilines is 2. The highest BCUT2D eigenvalue weighted by Gasteiger charge is 2.39. The lowest BCUT2D eigenvalue weighted by atomic mass is 9.72. The number of hydrogen-bond donors (Lipinski definition) is 4. The van der Waals surface area contributed by atoms with Crippen molar-refractivity contribution in [3.63, 3.8) is 0 Å². The van der Waals surface area contributed by atoms with E-state index in [9.17, 15) is 45.1 Å². The second kappa shape index (κ2) is 14.9. The van der Waals surface area contributed by atoms with Gasteiger partial charge in [-0.25, -0.2) is 13.8 Å². The van der Waals surface area contributed by atoms with Gasteiger partial charge in [0, 0.05) is 29.4 Å². The van der Waals surface area contributed by atoms with Crippen LogP contribution in [0.2, 0.25) is 0 Å². The van der Waals surface area contributed by atoms with Crippen LogP contribution in [-0.4, -0.2) is 63.1 Å². The van der Waals surface area contributed by atoms with E-state index in [1.807, 2.05) is 17.4 Å². The van der Waals surface area contributed by atoms with Crippen molar-refractivity contribution in [1.29, 1.82) is 0 Å². The van der Waals surface area contributed by atoms with Crippen molar-refractivity contribution in [2.45, 2.75) is 63.8 Å². The van der Waals surface area contributed by atoms with Gasteiger partial charge in [-0.15, -0.1) is 13.2 Å². The monoisotopic (exact) mass is 767 g/mol. The fraction of sp³-hybridized carbons (Fsp3) is 0.378. The van der Waals surface area contributed by atoms with E-state index in [0.717, 1.165) is 61.1 Å². The maximum atomic E-state index is 13.9. The molecule has 3 aromatic rings. The minimum absolute atomic E-state index is 0.0557. The number of nitrogens with zero attached hydrogens (tertiary/aromatic N) is 1. The number of allylic oxidation sites excluding steroid dienone is 2. The van der Waals surface area contributed by atoms with Crippen LogP contribution in [-0.2, 0) is 20.7 Å². The lowest BCUT2D eigenvalue weighted by molar-refractivity contribution is -0.275. The number of carbonyl (C=O) groups is 3. The Morgan fingerprint density at radius 2 is 1.57 bits per heavy atom. The Hall–Kier alpha value is -4.83. The predicted molar refractivity (Wildman–Crippen MR) is 192 cm³/mol. The van der Waals surface area contributed by atoms with Gasteiger partial charge in [0.15, 0.2) is 5.75 Å². The van der Waals surface area contributed by atoms with Crippen molar-refractivity contribution >= 4 is 44.2 Å². The first-order chi connectivity index (χ1) is 24.3. The third-order valence-electron chi connectivity index (χ3n) is 8.82. The summed E-state index contributed by atoms with van der Waals surface area (Å²) in [7, 11) is -4.84. The smallest absolute Gasteiger partial charge is 0.477 e. The number of urea groups is 1. The average molecular weight is 768 g/mol. The number of rotatable bonds is 11. The quantitative estimate of drug-likeness (QED) is 0.143. The van der Waals surface area contributed by atoms with Crippen molar-refractivity contribution in [3.05, 3.63) is 89.5 Å². The molecule has 0 aromatic heterocycles. The fourth-order valence-electron chi connectivity index (χ4n) is 5.77. The topological polar surface area (TPSA) is 145 Å². The maximum absolute atomic E-state index is 13.9. The van der Waals surface area contributed by atoms with Crippen molar-refractivity contribution in [1.82, 2.24) is 5.32 Å². The highest BCUT2D eigenvalue weighted by Crippen LogP contribution is 2.41. The maximum Gasteiger partial charge on any atom is 0.573 e. The Bertz CT molecular complexity index is 1940. The zero-order valence-corrected chi connectivity index (χ0v) is 30.5. The largest absolute Gasteiger partial charge is 0.573 e. The minimum Gasteiger partial charge on any atom is -0.477 e. The molecule has 3 amide bonds. The van der Waals surface area contributed by atoms with Gasteiger partial charge in [0.25, 0.3) is 5.91 Å². The number of benzene rings is 3. The molecule has 0 spiro atoms. The van der Waals surface area contributed by atoms with Crippen LogP contribution in [0.3, 0.4) is 0 Å². The lowest BCUT2D eigenvalue weighted by Gasteiger charge is -2.35. The van der Waals surface area contributed by atoms with Gasteiger partial charge in [0.2, 0.25) is 0 Å². The van der Waals surface area contributed by atoms with Crippen LogP contribution < -0.4 is 20.3 Å². The summed E-state index contributed by atoms with van der Waals surface area (Å²) in [4.78, 5) is 37.6. The van der Waals surface area contributed by atoms with Gasteiger partial charge in [0.05, 0.1) is 18.0 Å². The first kappa shape index (κ1) is 40.9. The molecule has 0 aliphatic heterocycles. The molecule has 0 radical (unpaired) electrons. The van der Waals surface area contributed by atoms with E-state index in [0.29, 0.717) is 17.2 Å². The van der Waals surface area contributed by atoms with E-state index >= 15 is 0 Å². The molecule has 1 atom stereocenters. The van der Waals surface area contributed by atoms with Crippen LogP contribution in [0, 0.1) is 11.3 Å². The molecular weight excluding hydrogens is 725 g/mol. The van der Waals surface area contributed by atoms with Crippen LogP contribution in [0.4, 0.5) is 38.1 Å². The summed E-state index contributed by atoms with van der Waals surface area (Å²) in [5.74, 6) is -7.88. The number of carboxylic acid groups (broad SMARTS) is 1. The van der Waals surface area contributed by atoms with Gasteiger partial charge in [-0.3, -0.25) is 14.2 Å². The molecule has 10 nitrogen and oxygen atoms in total. The second-order valence-corrected chi connectivity index (χ2v) is 18.5. The van der Waals surface area contributed by atoms with Crippen LogP contribution in [0.15, 0.2) is 77.7 Å². The number of carboxylic acids is 1. The van der Waals surface area contributed by atoms with E-state index in [-0.39, 0.29) is 23.2 Å². The summed E-state index contributed by atoms with van der Waals surface area (Å²) in [5.41, 5.74) is 3.01. The number of hydrogen-bond acceptors (Lipinski definition) is 5. The van der Waals surface area contributed by atoms with Crippen LogP contribution in [0.5, 0.6) is 5.75 Å². The van der Waals surface area contributed by atoms with Gasteiger partial charge in [-0.2, -0.15) is 18.1 Å². The minimum atomic E-state index is -5.16. The molecule has 4 N–H and O–H groups in total. The van der Waals surface area contributed by atoms with E-state index in [4.69, 9.17) is 5.11 Å². The van der Waals surface area contributed by atoms with Crippen LogP contribution >= 0.6 is 0 Å². The summed E-state index contributed by atoms with van der Waals surface area (Å²) in [5, 5.41) is 13.0. The fourth-order valence-corrected chi connectivity index (χ4v) is 6.92. The highest BCUT2D eigenvalue weighted by molar-refractivity contribution is 8.14. The molecule has 1 unspecified atom stereocenters. The standard InChI is InChI=1S/C37H42F5N3O7S/c1-35(2,3)27-14-10-24(11-15-27)25-12-17-29(18-13-25)45(21-23-6-8-26(9-7-23)32(46)43-22-36(38,39)33(47)48)34(49)44-28-16-19-30(52-37(40,41)42)31(20-28)53(4,5,50)51/h6-10,12-13,16-20,27H,11,14-15,21-22H2,1-5H3,(H,43,46)(H,44,49)(H,47,48)(H,50,51). The van der Waals surface area contributed by atoms with Gasteiger partial charge in [-0.1, -0.05) is 51.1 Å². The molecule has 0 saturated heterocycles. The number of amides is 3. The molecule has 1 aliphatic carbocycles. The van der Waals surface area contributed by atoms with Crippen molar-refractivity contribution in [2.75, 3.05) is 29.3 Å². The Balaban J connectivity index is 1.63. The van der Waals surface area contributed by atoms with E-state index < -0.39 is 56.7 Å². The molecule has 16 heteroatoms. The van der Waals surface area contributed by atoms with Crippen LogP contribution in [0.25, 0.3) is 5.57 Å². The summed E-state index contributed by atoms with van der Waals surface area (Å²) in [6.07, 6.45) is 1.58. The number of ether oxygens (including phenoxy) is 1. The summed E-state index contributed by atoms with van der Waals surface area (Å²) >= 11 is 0. The number of aliphatic carboxylic acids is 1. The van der Waals surface area contributed by atoms with Gasteiger partial charge in [0.1, 0.15) is 0 Å². The molecule has 0 heterocycles. The van der Waals surface area contributed by atoms with E-state index in [1.165, 1.54) is 29.2 Å². The third kappa shape index (κ3) is 11.1. The molecule has 288 valence electrons. The zero-order chi connectivity index (χ0) is 39.6. The Morgan fingerprint density at radius 1 is 0.943 bits per heavy atom. The summed E-state index contributed by atoms with van der Waals surface area (Å²) < 4.78 is 93.8. The first-order valence-electron chi connectivity index (χ1n) is 16.4. The average Bonchev–Trinajstić information content (AvgIpc) is 3.05. The summed E-state index contributed by atoms with van der Waals surface area (Å²) in [6, 6.07) is 14.7. The Kier molecular flexibility index (Phi) is 11.5. The normalized spacial score (nSPS) is 16.1. The molecule has 0 bridgehead atoms. The highest BCUT2D eigenvalue weighted by atomic mass is 32.3. The van der Waals surface area contributed by atoms with Gasteiger partial charge >= 0.3 is 24.3 Å². The first-order valence-corrected chi connectivity index (χ1v) is 19.2. The van der Waals surface area contributed by atoms with Crippen molar-refractivity contribution in [2.24, 2.45) is 11.3 Å². The van der Waals surface area contributed by atoms with Gasteiger partial charge in [-0.05, 0) is 89.8 Å². The third-order valence-corrected chi connectivity index (χ3v) is 10.4. The lowest BCUT2D eigenvalue weighted by Crippen LogP contribution is -2.42. The Morgan fingerprint density at radius 3 is 2.08 bits per heavy atom. The Labute approximate surface area is 303 Å². The second-order valence-electron chi connectivity index (χ2n) is 14.5. The molecule has 4 rings (SSSR count). The van der Waals surface area contributed by atoms with E-state index in [1.54, 1.807) is 12.1 Å². The van der Waals surface area contributed by atoms with Crippen molar-refractivity contribution in [3.8, 4) is 5.75 Å². The number of halogens is 5. The number of alkyl halides is 5. The van der Waals surface area contributed by atoms with E-state index in [2.05, 4.69) is 36.9 Å². The molecule has 53 heavy (non-hydrogen) atoms. The SMILES string of the molecule is CC(C)(C)C1CC=C(c2ccc(N(Cc3ccc(C(=O)NCC(F)(F)C(=O)O)cc3)C(=O)Nc3ccc(OC(F)(F)F)c(S(C)(C)(=O)O)c3)cc2)CC1. The molecule has 0 saturated carbocycles. The summed E-state index contributed by atoms with van der Waals surface area (Å²) in [6.45, 7) is 5.10. The molecule has 1 aliphatic rings. The number of carbonyl (C=O) groups excluding carboxylic acids is 2. The number of nitrogens with one attached hydrogen (secondary N) is 2. The van der Waals surface area contributed by atoms with Gasteiger partial charge < -0.3 is 20.5 Å². The predicted octanol–water partition coefficient (Wildman–Crippen LogP) is 8.41. The molecule has 3 aromatic carbocycles.